The number of nitrogens with zero attached hydrogens (tertiary/aromatic N) is 2. The molecule has 3 aliphatic heterocycles. The van der Waals surface area contributed by atoms with Gasteiger partial charge in [0.05, 0.1) is 5.92 Å². The van der Waals surface area contributed by atoms with E-state index in [2.05, 4.69) is 21.6 Å². The van der Waals surface area contributed by atoms with E-state index < -0.39 is 11.5 Å². The van der Waals surface area contributed by atoms with Crippen LogP contribution in [0.3, 0.4) is 0 Å². The molecule has 1 aliphatic carbocycles. The lowest BCUT2D eigenvalue weighted by Crippen LogP contribution is -2.46. The maximum absolute atomic E-state index is 14.1. The van der Waals surface area contributed by atoms with Gasteiger partial charge in [0.25, 0.3) is 5.91 Å². The van der Waals surface area contributed by atoms with Crippen LogP contribution in [0.2, 0.25) is 0 Å². The molecular formula is C40H54N4O5. The van der Waals surface area contributed by atoms with Gasteiger partial charge in [0.2, 0.25) is 5.91 Å². The number of allylic oxidation sites excluding steroid dienone is 1. The number of piperidine rings is 2. The number of hydrogen-bond donors (Lipinski definition) is 2. The molecule has 0 aromatic heterocycles. The number of rotatable bonds is 7. The van der Waals surface area contributed by atoms with E-state index in [-0.39, 0.29) is 29.9 Å². The highest BCUT2D eigenvalue weighted by atomic mass is 16.6. The second-order valence-corrected chi connectivity index (χ2v) is 15.3. The van der Waals surface area contributed by atoms with Crippen molar-refractivity contribution in [2.75, 3.05) is 39.3 Å². The average molecular weight is 671 g/mol. The minimum atomic E-state index is -0.567. The SMILES string of the molecule is CC(C)(C)OC(=O)N1CCC(CNC(=O)c2ccc3c(c2)C(C(=O)NC2CCN(C/C4=C/CCCCCC4)CC2)c2ccccc2O3)CC1. The number of carbonyl (C=O) groups is 3. The van der Waals surface area contributed by atoms with E-state index >= 15 is 0 Å². The second-order valence-electron chi connectivity index (χ2n) is 15.3. The van der Waals surface area contributed by atoms with Gasteiger partial charge in [-0.1, -0.05) is 42.7 Å². The Balaban J connectivity index is 1.06. The third-order valence-electron chi connectivity index (χ3n) is 10.4. The third-order valence-corrected chi connectivity index (χ3v) is 10.4. The van der Waals surface area contributed by atoms with Gasteiger partial charge in [0.1, 0.15) is 17.1 Å². The van der Waals surface area contributed by atoms with E-state index in [1.54, 1.807) is 16.5 Å². The monoisotopic (exact) mass is 670 g/mol. The molecule has 3 heterocycles. The van der Waals surface area contributed by atoms with Crippen LogP contribution in [0.1, 0.15) is 112 Å². The van der Waals surface area contributed by atoms with Gasteiger partial charge < -0.3 is 25.0 Å². The molecule has 264 valence electrons. The smallest absolute Gasteiger partial charge is 0.410 e. The Kier molecular flexibility index (Phi) is 11.3. The number of likely N-dealkylation sites (tertiary alicyclic amines) is 2. The molecule has 2 aromatic rings. The number of para-hydroxylation sites is 1. The molecule has 2 N–H and O–H groups in total. The molecule has 49 heavy (non-hydrogen) atoms. The maximum Gasteiger partial charge on any atom is 0.410 e. The summed E-state index contributed by atoms with van der Waals surface area (Å²) in [5.74, 6) is 0.756. The third kappa shape index (κ3) is 9.24. The summed E-state index contributed by atoms with van der Waals surface area (Å²) >= 11 is 0. The second kappa shape index (κ2) is 15.8. The number of ether oxygens (including phenoxy) is 2. The molecule has 3 amide bonds. The summed E-state index contributed by atoms with van der Waals surface area (Å²) in [4.78, 5) is 44.2. The zero-order chi connectivity index (χ0) is 34.4. The van der Waals surface area contributed by atoms with Crippen molar-refractivity contribution in [3.63, 3.8) is 0 Å². The van der Waals surface area contributed by atoms with Crippen LogP contribution in [0.5, 0.6) is 11.5 Å². The Morgan fingerprint density at radius 2 is 1.61 bits per heavy atom. The van der Waals surface area contributed by atoms with E-state index in [0.717, 1.165) is 50.9 Å². The van der Waals surface area contributed by atoms with Crippen LogP contribution in [-0.4, -0.2) is 78.6 Å². The zero-order valence-electron chi connectivity index (χ0n) is 29.6. The van der Waals surface area contributed by atoms with Crippen LogP contribution >= 0.6 is 0 Å². The number of amides is 3. The van der Waals surface area contributed by atoms with Crippen molar-refractivity contribution in [2.45, 2.75) is 103 Å². The molecule has 4 aliphatic rings. The molecule has 0 radical (unpaired) electrons. The van der Waals surface area contributed by atoms with Crippen LogP contribution < -0.4 is 15.4 Å². The van der Waals surface area contributed by atoms with Gasteiger partial charge in [0, 0.05) is 62.0 Å². The standard InChI is InChI=1S/C40H54N4O5/c1-40(2,3)49-39(47)44-23-17-28(18-24-44)26-41-37(45)30-15-16-35-33(25-30)36(32-13-9-10-14-34(32)48-35)38(46)42-31-19-21-43(22-20-31)27-29-11-7-5-4-6-8-12-29/h9-11,13-16,25,28,31,36H,4-8,12,17-24,26-27H2,1-3H3,(H,41,45)(H,42,46)/b29-11+. The summed E-state index contributed by atoms with van der Waals surface area (Å²) < 4.78 is 11.7. The van der Waals surface area contributed by atoms with E-state index in [9.17, 15) is 14.4 Å². The maximum atomic E-state index is 14.1. The highest BCUT2D eigenvalue weighted by Crippen LogP contribution is 2.44. The van der Waals surface area contributed by atoms with Crippen molar-refractivity contribution in [3.05, 3.63) is 70.8 Å². The average Bonchev–Trinajstić information content (AvgIpc) is 3.07. The lowest BCUT2D eigenvalue weighted by atomic mass is 9.85. The van der Waals surface area contributed by atoms with Crippen molar-refractivity contribution in [1.82, 2.24) is 20.4 Å². The normalized spacial score (nSPS) is 21.9. The van der Waals surface area contributed by atoms with Crippen LogP contribution in [-0.2, 0) is 9.53 Å². The first kappa shape index (κ1) is 35.0. The van der Waals surface area contributed by atoms with Crippen LogP contribution in [0.25, 0.3) is 0 Å². The summed E-state index contributed by atoms with van der Waals surface area (Å²) in [5.41, 5.74) is 3.09. The van der Waals surface area contributed by atoms with Gasteiger partial charge in [-0.25, -0.2) is 4.79 Å². The summed E-state index contributed by atoms with van der Waals surface area (Å²) in [7, 11) is 0. The molecule has 2 saturated heterocycles. The topological polar surface area (TPSA) is 100 Å². The molecule has 0 saturated carbocycles. The molecular weight excluding hydrogens is 616 g/mol. The van der Waals surface area contributed by atoms with E-state index in [0.29, 0.717) is 42.3 Å². The fourth-order valence-electron chi connectivity index (χ4n) is 7.58. The molecule has 2 aromatic carbocycles. The van der Waals surface area contributed by atoms with Gasteiger partial charge in [0.15, 0.2) is 0 Å². The molecule has 6 rings (SSSR count). The minimum absolute atomic E-state index is 0.0486. The first-order valence-electron chi connectivity index (χ1n) is 18.5. The summed E-state index contributed by atoms with van der Waals surface area (Å²) in [6.07, 6.45) is 13.4. The zero-order valence-corrected chi connectivity index (χ0v) is 29.6. The molecule has 0 bridgehead atoms. The predicted octanol–water partition coefficient (Wildman–Crippen LogP) is 7.16. The number of benzene rings is 2. The predicted molar refractivity (Wildman–Crippen MR) is 191 cm³/mol. The Morgan fingerprint density at radius 1 is 0.878 bits per heavy atom. The lowest BCUT2D eigenvalue weighted by Gasteiger charge is -2.35. The quantitative estimate of drug-likeness (QED) is 0.303. The lowest BCUT2D eigenvalue weighted by molar-refractivity contribution is -0.122. The number of hydrogen-bond acceptors (Lipinski definition) is 6. The molecule has 0 spiro atoms. The Labute approximate surface area is 291 Å². The van der Waals surface area contributed by atoms with Gasteiger partial charge in [-0.2, -0.15) is 0 Å². The van der Waals surface area contributed by atoms with Crippen molar-refractivity contribution >= 4 is 17.9 Å². The van der Waals surface area contributed by atoms with E-state index in [1.807, 2.05) is 57.2 Å². The minimum Gasteiger partial charge on any atom is -0.457 e. The molecule has 1 atom stereocenters. The highest BCUT2D eigenvalue weighted by Gasteiger charge is 2.35. The van der Waals surface area contributed by atoms with E-state index in [1.165, 1.54) is 38.5 Å². The number of fused-ring (bicyclic) bond motifs is 2. The fourth-order valence-corrected chi connectivity index (χ4v) is 7.58. The fraction of sp³-hybridized carbons (Fsp3) is 0.575. The largest absolute Gasteiger partial charge is 0.457 e. The first-order valence-corrected chi connectivity index (χ1v) is 18.5. The first-order chi connectivity index (χ1) is 23.6. The van der Waals surface area contributed by atoms with Crippen LogP contribution in [0.15, 0.2) is 54.1 Å². The number of carbonyl (C=O) groups excluding carboxylic acids is 3. The van der Waals surface area contributed by atoms with Gasteiger partial charge in [-0.15, -0.1) is 0 Å². The van der Waals surface area contributed by atoms with Gasteiger partial charge in [-0.05, 0) is 102 Å². The summed E-state index contributed by atoms with van der Waals surface area (Å²) in [6, 6.07) is 13.2. The highest BCUT2D eigenvalue weighted by molar-refractivity contribution is 5.96. The van der Waals surface area contributed by atoms with Crippen LogP contribution in [0.4, 0.5) is 4.79 Å². The summed E-state index contributed by atoms with van der Waals surface area (Å²) in [5, 5.41) is 6.48. The Morgan fingerprint density at radius 3 is 2.39 bits per heavy atom. The van der Waals surface area contributed by atoms with Gasteiger partial charge >= 0.3 is 6.09 Å². The Hall–Kier alpha value is -3.85. The molecule has 9 heteroatoms. The van der Waals surface area contributed by atoms with E-state index in [4.69, 9.17) is 9.47 Å². The van der Waals surface area contributed by atoms with Crippen LogP contribution in [0, 0.1) is 5.92 Å². The molecule has 1 unspecified atom stereocenters. The summed E-state index contributed by atoms with van der Waals surface area (Å²) in [6.45, 7) is 10.4. The molecule has 2 fully saturated rings. The molecule has 9 nitrogen and oxygen atoms in total. The Bertz CT molecular complexity index is 1510. The van der Waals surface area contributed by atoms with Gasteiger partial charge in [-0.3, -0.25) is 14.5 Å². The van der Waals surface area contributed by atoms with Crippen molar-refractivity contribution in [3.8, 4) is 11.5 Å². The van der Waals surface area contributed by atoms with Crippen molar-refractivity contribution in [1.29, 1.82) is 0 Å². The van der Waals surface area contributed by atoms with Crippen molar-refractivity contribution in [2.24, 2.45) is 5.92 Å². The number of nitrogens with one attached hydrogen (secondary N) is 2. The van der Waals surface area contributed by atoms with Crippen molar-refractivity contribution < 1.29 is 23.9 Å².